The molecule has 7 N–H and O–H groups in total. The Bertz CT molecular complexity index is 1760. The second-order valence-electron chi connectivity index (χ2n) is 9.60. The molecule has 4 aromatic heterocycles. The predicted octanol–water partition coefficient (Wildman–Crippen LogP) is 0.495. The lowest BCUT2D eigenvalue weighted by Crippen LogP contribution is -2.43. The quantitative estimate of drug-likeness (QED) is 0.113. The van der Waals surface area contributed by atoms with Gasteiger partial charge in [0.2, 0.25) is 11.7 Å². The molecule has 2 aliphatic rings. The van der Waals surface area contributed by atoms with Crippen molar-refractivity contribution in [1.82, 2.24) is 34.1 Å². The van der Waals surface area contributed by atoms with Crippen LogP contribution in [-0.2, 0) is 24.1 Å². The van der Waals surface area contributed by atoms with E-state index in [4.69, 9.17) is 25.3 Å². The van der Waals surface area contributed by atoms with Gasteiger partial charge in [-0.1, -0.05) is 12.2 Å². The molecule has 2 aliphatic heterocycles. The number of halogens is 2. The third kappa shape index (κ3) is 4.84. The second kappa shape index (κ2) is 10.7. The Labute approximate surface area is 243 Å². The molecule has 8 atom stereocenters. The summed E-state index contributed by atoms with van der Waals surface area (Å²) < 4.78 is 63.2. The van der Waals surface area contributed by atoms with Crippen molar-refractivity contribution < 1.29 is 37.3 Å². The van der Waals surface area contributed by atoms with E-state index in [0.29, 0.717) is 0 Å². The topological polar surface area (TPSA) is 232 Å². The molecule has 0 spiro atoms. The Morgan fingerprint density at radius 3 is 2.81 bits per heavy atom. The molecule has 0 amide bonds. The molecule has 16 nitrogen and oxygen atoms in total. The van der Waals surface area contributed by atoms with Crippen LogP contribution in [-0.4, -0.2) is 93.8 Å². The van der Waals surface area contributed by atoms with E-state index >= 15 is 8.78 Å². The van der Waals surface area contributed by atoms with E-state index in [9.17, 15) is 19.6 Å². The first-order valence-electron chi connectivity index (χ1n) is 12.3. The third-order valence-corrected chi connectivity index (χ3v) is 10.1. The van der Waals surface area contributed by atoms with Gasteiger partial charge in [-0.3, -0.25) is 28.0 Å². The van der Waals surface area contributed by atoms with Crippen LogP contribution in [0, 0.1) is 0 Å². The minimum absolute atomic E-state index is 0.00749. The number of anilines is 2. The highest BCUT2D eigenvalue weighted by atomic mass is 32.7. The molecule has 1 unspecified atom stereocenters. The number of fused-ring (bicyclic) bond motifs is 2. The van der Waals surface area contributed by atoms with E-state index in [1.165, 1.54) is 23.2 Å². The number of imidazole rings is 2. The normalized spacial score (nSPS) is 31.3. The zero-order valence-corrected chi connectivity index (χ0v) is 23.8. The van der Waals surface area contributed by atoms with Crippen LogP contribution in [0.25, 0.3) is 22.3 Å². The SMILES string of the molecule is Nc1nc2c(ncn2[C@@H]2S[C@H](CO)[C@H](F)[C@H]2OP(=O)(S)OC[C@H]2OC[C@@](F)(n3cnc4c(N)ccnc43)[C@@H]2O)c(=O)[nH]1. The lowest BCUT2D eigenvalue weighted by Gasteiger charge is -2.27. The first-order valence-corrected chi connectivity index (χ1v) is 15.9. The van der Waals surface area contributed by atoms with Crippen molar-refractivity contribution >= 4 is 64.8 Å². The lowest BCUT2D eigenvalue weighted by atomic mass is 10.1. The van der Waals surface area contributed by atoms with Gasteiger partial charge in [-0.25, -0.2) is 28.3 Å². The molecule has 4 aromatic rings. The maximum atomic E-state index is 16.0. The van der Waals surface area contributed by atoms with Gasteiger partial charge in [0.05, 0.1) is 36.8 Å². The molecule has 2 saturated heterocycles. The Hall–Kier alpha value is -2.84. The van der Waals surface area contributed by atoms with Crippen LogP contribution >= 0.6 is 30.8 Å². The summed E-state index contributed by atoms with van der Waals surface area (Å²) in [4.78, 5) is 30.7. The highest BCUT2D eigenvalue weighted by molar-refractivity contribution is 8.44. The fraction of sp³-hybridized carbons (Fsp3) is 0.476. The number of hydrogen-bond acceptors (Lipinski definition) is 14. The number of alkyl halides is 2. The minimum Gasteiger partial charge on any atom is -0.397 e. The van der Waals surface area contributed by atoms with E-state index in [-0.39, 0.29) is 34.0 Å². The van der Waals surface area contributed by atoms with Crippen LogP contribution in [0.1, 0.15) is 5.37 Å². The Balaban J connectivity index is 1.19. The zero-order chi connectivity index (χ0) is 30.0. The number of aliphatic hydroxyl groups excluding tert-OH is 2. The van der Waals surface area contributed by atoms with Crippen molar-refractivity contribution in [3.05, 3.63) is 35.3 Å². The van der Waals surface area contributed by atoms with Crippen LogP contribution in [0.15, 0.2) is 29.7 Å². The first kappa shape index (κ1) is 29.2. The number of ether oxygens (including phenoxy) is 1. The number of aromatic amines is 1. The van der Waals surface area contributed by atoms with Gasteiger partial charge in [0.1, 0.15) is 42.0 Å². The molecule has 42 heavy (non-hydrogen) atoms. The largest absolute Gasteiger partial charge is 0.397 e. The predicted molar refractivity (Wildman–Crippen MR) is 149 cm³/mol. The summed E-state index contributed by atoms with van der Waals surface area (Å²) in [6.07, 6.45) is -2.87. The molecule has 0 aliphatic carbocycles. The van der Waals surface area contributed by atoms with Crippen LogP contribution in [0.3, 0.4) is 0 Å². The molecule has 0 bridgehead atoms. The van der Waals surface area contributed by atoms with E-state index < -0.39 is 73.1 Å². The Kier molecular flexibility index (Phi) is 7.45. The summed E-state index contributed by atoms with van der Waals surface area (Å²) in [5.41, 5.74) is 11.4. The van der Waals surface area contributed by atoms with E-state index in [1.807, 2.05) is 0 Å². The maximum Gasteiger partial charge on any atom is 0.386 e. The summed E-state index contributed by atoms with van der Waals surface area (Å²) >= 11 is 4.88. The molecule has 6 rings (SSSR count). The molecule has 0 saturated carbocycles. The summed E-state index contributed by atoms with van der Waals surface area (Å²) in [5, 5.41) is 18.5. The van der Waals surface area contributed by atoms with Crippen molar-refractivity contribution in [3.8, 4) is 0 Å². The summed E-state index contributed by atoms with van der Waals surface area (Å²) in [6, 6.07) is 1.49. The van der Waals surface area contributed by atoms with E-state index in [0.717, 1.165) is 22.7 Å². The fourth-order valence-corrected chi connectivity index (χ4v) is 7.84. The van der Waals surface area contributed by atoms with Crippen molar-refractivity contribution in [2.24, 2.45) is 0 Å². The first-order chi connectivity index (χ1) is 19.9. The van der Waals surface area contributed by atoms with Crippen molar-refractivity contribution in [2.75, 3.05) is 31.3 Å². The van der Waals surface area contributed by atoms with Gasteiger partial charge in [0.25, 0.3) is 5.56 Å². The van der Waals surface area contributed by atoms with Crippen molar-refractivity contribution in [1.29, 1.82) is 0 Å². The van der Waals surface area contributed by atoms with E-state index in [1.54, 1.807) is 0 Å². The Morgan fingerprint density at radius 2 is 2.05 bits per heavy atom. The van der Waals surface area contributed by atoms with Gasteiger partial charge in [-0.2, -0.15) is 4.98 Å². The smallest absolute Gasteiger partial charge is 0.386 e. The molecular weight excluding hydrogens is 623 g/mol. The molecule has 6 heterocycles. The van der Waals surface area contributed by atoms with Crippen molar-refractivity contribution in [2.45, 2.75) is 40.9 Å². The van der Waals surface area contributed by atoms with E-state index in [2.05, 4.69) is 37.2 Å². The number of nitrogen functional groups attached to an aromatic ring is 2. The van der Waals surface area contributed by atoms with Gasteiger partial charge >= 0.3 is 6.80 Å². The van der Waals surface area contributed by atoms with Gasteiger partial charge < -0.3 is 26.4 Å². The van der Waals surface area contributed by atoms with Crippen molar-refractivity contribution in [3.63, 3.8) is 0 Å². The van der Waals surface area contributed by atoms with Crippen LogP contribution in [0.4, 0.5) is 20.4 Å². The molecule has 0 radical (unpaired) electrons. The monoisotopic (exact) mass is 647 g/mol. The second-order valence-corrected chi connectivity index (χ2v) is 13.8. The average molecular weight is 648 g/mol. The lowest BCUT2D eigenvalue weighted by molar-refractivity contribution is -0.0455. The molecular formula is C21H24F2N9O7PS2. The number of thioether (sulfide) groups is 1. The number of thiol groups is 1. The molecule has 226 valence electrons. The van der Waals surface area contributed by atoms with Gasteiger partial charge in [0.15, 0.2) is 16.8 Å². The number of aromatic nitrogens is 7. The highest BCUT2D eigenvalue weighted by Gasteiger charge is 2.54. The van der Waals surface area contributed by atoms with Crippen LogP contribution in [0.2, 0.25) is 0 Å². The highest BCUT2D eigenvalue weighted by Crippen LogP contribution is 2.59. The number of nitrogens with zero attached hydrogens (tertiary/aromatic N) is 6. The number of rotatable bonds is 8. The number of nitrogens with one attached hydrogen (secondary N) is 1. The van der Waals surface area contributed by atoms with Gasteiger partial charge in [0, 0.05) is 6.20 Å². The fourth-order valence-electron chi connectivity index (χ4n) is 4.90. The molecule has 2 fully saturated rings. The minimum atomic E-state index is -4.41. The zero-order valence-electron chi connectivity index (χ0n) is 21.2. The summed E-state index contributed by atoms with van der Waals surface area (Å²) in [6.45, 7) is -6.28. The molecule has 21 heteroatoms. The average Bonchev–Trinajstić information content (AvgIpc) is 3.70. The molecule has 0 aromatic carbocycles. The van der Waals surface area contributed by atoms with Crippen LogP contribution in [0.5, 0.6) is 0 Å². The standard InChI is InChI=1S/C21H24F2N9O7PS2/c22-11-10(3-33)42-19(31-6-27-13-17(31)29-20(25)30-18(13)35)14(11)39-40(36,41)38-4-9-15(34)21(23,5-37-9)32-7-28-12-8(24)1-2-26-16(12)32/h1-2,6-7,9-11,14-15,19,33-34H,3-5H2,(H2,24,26)(H,36,41)(H3,25,29,30,35)/t9-,10-,11+,14-,15-,19-,21-,40?/m1/s1. The van der Waals surface area contributed by atoms with Gasteiger partial charge in [-0.05, 0) is 6.07 Å². The summed E-state index contributed by atoms with van der Waals surface area (Å²) in [5.74, 6) is -2.73. The number of pyridine rings is 1. The number of aliphatic hydroxyl groups is 2. The number of nitrogens with two attached hydrogens (primary N) is 2. The summed E-state index contributed by atoms with van der Waals surface area (Å²) in [7, 11) is 0. The van der Waals surface area contributed by atoms with Gasteiger partial charge in [-0.15, -0.1) is 11.8 Å². The van der Waals surface area contributed by atoms with Crippen LogP contribution < -0.4 is 17.0 Å². The Morgan fingerprint density at radius 1 is 1.29 bits per heavy atom. The number of hydrogen-bond donors (Lipinski definition) is 6. The number of H-pyrrole nitrogens is 1. The third-order valence-electron chi connectivity index (χ3n) is 7.00. The maximum absolute atomic E-state index is 16.0.